The zero-order chi connectivity index (χ0) is 11.9. The second-order valence-electron chi connectivity index (χ2n) is 4.72. The third-order valence-electron chi connectivity index (χ3n) is 2.94. The number of anilines is 1. The van der Waals surface area contributed by atoms with Gasteiger partial charge in [-0.25, -0.2) is 14.2 Å². The summed E-state index contributed by atoms with van der Waals surface area (Å²) in [4.78, 5) is 14.5. The molecule has 16 heavy (non-hydrogen) atoms. The van der Waals surface area contributed by atoms with Crippen LogP contribution in [0.5, 0.6) is 0 Å². The van der Waals surface area contributed by atoms with Gasteiger partial charge in [-0.3, -0.25) is 0 Å². The minimum absolute atomic E-state index is 0.0236. The molecule has 1 aliphatic rings. The van der Waals surface area contributed by atoms with Crippen LogP contribution in [0.15, 0.2) is 12.3 Å². The first-order chi connectivity index (χ1) is 7.42. The van der Waals surface area contributed by atoms with E-state index in [1.165, 1.54) is 6.20 Å². The van der Waals surface area contributed by atoms with Crippen molar-refractivity contribution in [2.45, 2.75) is 26.3 Å². The molecule has 2 rings (SSSR count). The van der Waals surface area contributed by atoms with Crippen molar-refractivity contribution in [1.29, 1.82) is 0 Å². The van der Waals surface area contributed by atoms with Gasteiger partial charge in [-0.2, -0.15) is 0 Å². The molecule has 5 heteroatoms. The molecule has 1 atom stereocenters. The molecule has 0 saturated heterocycles. The Kier molecular flexibility index (Phi) is 2.33. The number of aromatic nitrogens is 1. The highest BCUT2D eigenvalue weighted by atomic mass is 19.1. The predicted molar refractivity (Wildman–Crippen MR) is 57.0 cm³/mol. The Balaban J connectivity index is 2.22. The molecule has 1 aromatic rings. The molecule has 86 valence electrons. The third-order valence-corrected chi connectivity index (χ3v) is 2.94. The minimum atomic E-state index is -1.28. The molecule has 0 bridgehead atoms. The average molecular weight is 224 g/mol. The van der Waals surface area contributed by atoms with E-state index in [0.29, 0.717) is 0 Å². The first-order valence-electron chi connectivity index (χ1n) is 5.06. The summed E-state index contributed by atoms with van der Waals surface area (Å²) in [5.74, 6) is -2.05. The number of carbonyl (C=O) groups is 1. The van der Waals surface area contributed by atoms with Crippen LogP contribution in [0.3, 0.4) is 0 Å². The highest BCUT2D eigenvalue weighted by Crippen LogP contribution is 2.46. The van der Waals surface area contributed by atoms with Crippen LogP contribution in [0, 0.1) is 11.2 Å². The van der Waals surface area contributed by atoms with Gasteiger partial charge in [0.1, 0.15) is 5.56 Å². The standard InChI is InChI=1S/C11H13FN2O2/c1-11(2)5-7(11)14-9-8(12)6(10(15)16)3-4-13-9/h3-4,7H,5H2,1-2H3,(H,13,14)(H,15,16). The number of pyridine rings is 1. The van der Waals surface area contributed by atoms with Crippen molar-refractivity contribution in [3.05, 3.63) is 23.6 Å². The lowest BCUT2D eigenvalue weighted by molar-refractivity contribution is 0.0692. The fourth-order valence-electron chi connectivity index (χ4n) is 1.59. The van der Waals surface area contributed by atoms with Crippen LogP contribution in [0.25, 0.3) is 0 Å². The van der Waals surface area contributed by atoms with E-state index in [-0.39, 0.29) is 22.8 Å². The van der Waals surface area contributed by atoms with Gasteiger partial charge < -0.3 is 10.4 Å². The topological polar surface area (TPSA) is 62.2 Å². The molecule has 1 fully saturated rings. The predicted octanol–water partition coefficient (Wildman–Crippen LogP) is 2.13. The maximum absolute atomic E-state index is 13.7. The average Bonchev–Trinajstić information content (AvgIpc) is 2.77. The Bertz CT molecular complexity index is 446. The molecule has 0 amide bonds. The van der Waals surface area contributed by atoms with Gasteiger partial charge in [-0.15, -0.1) is 0 Å². The normalized spacial score (nSPS) is 21.6. The fourth-order valence-corrected chi connectivity index (χ4v) is 1.59. The highest BCUT2D eigenvalue weighted by Gasteiger charge is 2.46. The summed E-state index contributed by atoms with van der Waals surface area (Å²) in [6.45, 7) is 4.12. The molecule has 4 nitrogen and oxygen atoms in total. The van der Waals surface area contributed by atoms with Gasteiger partial charge in [0.2, 0.25) is 0 Å². The molecule has 1 saturated carbocycles. The first-order valence-corrected chi connectivity index (χ1v) is 5.06. The summed E-state index contributed by atoms with van der Waals surface area (Å²) in [6.07, 6.45) is 2.23. The number of carboxylic acid groups (broad SMARTS) is 1. The Morgan fingerprint density at radius 2 is 2.31 bits per heavy atom. The zero-order valence-electron chi connectivity index (χ0n) is 9.12. The summed E-state index contributed by atoms with van der Waals surface area (Å²) < 4.78 is 13.7. The van der Waals surface area contributed by atoms with Crippen LogP contribution in [0.4, 0.5) is 10.2 Å². The SMILES string of the molecule is CC1(C)CC1Nc1nccc(C(=O)O)c1F. The van der Waals surface area contributed by atoms with E-state index in [0.717, 1.165) is 12.5 Å². The van der Waals surface area contributed by atoms with Gasteiger partial charge in [0.05, 0.1) is 0 Å². The minimum Gasteiger partial charge on any atom is -0.478 e. The second kappa shape index (κ2) is 3.43. The van der Waals surface area contributed by atoms with Crippen LogP contribution in [-0.4, -0.2) is 22.1 Å². The van der Waals surface area contributed by atoms with Crippen molar-refractivity contribution in [1.82, 2.24) is 4.98 Å². The lowest BCUT2D eigenvalue weighted by Crippen LogP contribution is -2.13. The van der Waals surface area contributed by atoms with Gasteiger partial charge >= 0.3 is 5.97 Å². The van der Waals surface area contributed by atoms with Crippen molar-refractivity contribution < 1.29 is 14.3 Å². The van der Waals surface area contributed by atoms with E-state index < -0.39 is 11.8 Å². The molecule has 0 radical (unpaired) electrons. The van der Waals surface area contributed by atoms with Crippen molar-refractivity contribution in [3.8, 4) is 0 Å². The van der Waals surface area contributed by atoms with Crippen molar-refractivity contribution in [2.24, 2.45) is 5.41 Å². The molecule has 0 aliphatic heterocycles. The maximum atomic E-state index is 13.7. The van der Waals surface area contributed by atoms with Gasteiger partial charge in [-0.1, -0.05) is 13.8 Å². The molecule has 0 aromatic carbocycles. The Morgan fingerprint density at radius 1 is 1.69 bits per heavy atom. The molecular formula is C11H13FN2O2. The number of hydrogen-bond acceptors (Lipinski definition) is 3. The number of rotatable bonds is 3. The highest BCUT2D eigenvalue weighted by molar-refractivity contribution is 5.88. The first kappa shape index (κ1) is 10.9. The molecule has 0 spiro atoms. The smallest absolute Gasteiger partial charge is 0.338 e. The molecule has 2 N–H and O–H groups in total. The number of hydrogen-bond donors (Lipinski definition) is 2. The van der Waals surface area contributed by atoms with Crippen LogP contribution in [0.1, 0.15) is 30.6 Å². The van der Waals surface area contributed by atoms with Crippen LogP contribution in [0.2, 0.25) is 0 Å². The largest absolute Gasteiger partial charge is 0.478 e. The Labute approximate surface area is 92.5 Å². The van der Waals surface area contributed by atoms with E-state index in [2.05, 4.69) is 24.1 Å². The van der Waals surface area contributed by atoms with Crippen molar-refractivity contribution in [3.63, 3.8) is 0 Å². The third kappa shape index (κ3) is 1.85. The maximum Gasteiger partial charge on any atom is 0.338 e. The van der Waals surface area contributed by atoms with Gasteiger partial charge in [0, 0.05) is 12.2 Å². The van der Waals surface area contributed by atoms with E-state index >= 15 is 0 Å². The quantitative estimate of drug-likeness (QED) is 0.825. The van der Waals surface area contributed by atoms with E-state index in [1.54, 1.807) is 0 Å². The number of nitrogens with zero attached hydrogens (tertiary/aromatic N) is 1. The molecular weight excluding hydrogens is 211 g/mol. The summed E-state index contributed by atoms with van der Waals surface area (Å²) in [5.41, 5.74) is -0.219. The summed E-state index contributed by atoms with van der Waals surface area (Å²) in [7, 11) is 0. The number of halogens is 1. The lowest BCUT2D eigenvalue weighted by atomic mass is 10.2. The van der Waals surface area contributed by atoms with Crippen molar-refractivity contribution in [2.75, 3.05) is 5.32 Å². The van der Waals surface area contributed by atoms with E-state index in [1.807, 2.05) is 0 Å². The summed E-state index contributed by atoms with van der Waals surface area (Å²) in [5, 5.41) is 11.7. The summed E-state index contributed by atoms with van der Waals surface area (Å²) in [6, 6.07) is 1.32. The fraction of sp³-hybridized carbons (Fsp3) is 0.455. The molecule has 1 heterocycles. The van der Waals surface area contributed by atoms with E-state index in [9.17, 15) is 9.18 Å². The van der Waals surface area contributed by atoms with Crippen molar-refractivity contribution >= 4 is 11.8 Å². The van der Waals surface area contributed by atoms with E-state index in [4.69, 9.17) is 5.11 Å². The summed E-state index contributed by atoms with van der Waals surface area (Å²) >= 11 is 0. The number of carboxylic acids is 1. The molecule has 1 unspecified atom stereocenters. The zero-order valence-corrected chi connectivity index (χ0v) is 9.12. The van der Waals surface area contributed by atoms with Crippen LogP contribution < -0.4 is 5.32 Å². The number of nitrogens with one attached hydrogen (secondary N) is 1. The lowest BCUT2D eigenvalue weighted by Gasteiger charge is -2.09. The second-order valence-corrected chi connectivity index (χ2v) is 4.72. The van der Waals surface area contributed by atoms with Gasteiger partial charge in [0.25, 0.3) is 0 Å². The van der Waals surface area contributed by atoms with Crippen LogP contribution in [-0.2, 0) is 0 Å². The monoisotopic (exact) mass is 224 g/mol. The van der Waals surface area contributed by atoms with Gasteiger partial charge in [0.15, 0.2) is 11.6 Å². The van der Waals surface area contributed by atoms with Crippen LogP contribution >= 0.6 is 0 Å². The Hall–Kier alpha value is -1.65. The molecule has 1 aromatic heterocycles. The number of aromatic carboxylic acids is 1. The molecule has 1 aliphatic carbocycles. The Morgan fingerprint density at radius 3 is 2.81 bits per heavy atom. The van der Waals surface area contributed by atoms with Gasteiger partial charge in [-0.05, 0) is 17.9 Å².